The van der Waals surface area contributed by atoms with Gasteiger partial charge in [0, 0.05) is 30.3 Å². The summed E-state index contributed by atoms with van der Waals surface area (Å²) in [7, 11) is 2.05. The molecule has 1 aliphatic rings. The van der Waals surface area contributed by atoms with Gasteiger partial charge in [-0.1, -0.05) is 18.2 Å². The van der Waals surface area contributed by atoms with E-state index in [4.69, 9.17) is 0 Å². The fourth-order valence-electron chi connectivity index (χ4n) is 2.98. The Morgan fingerprint density at radius 2 is 2.18 bits per heavy atom. The number of aryl methyl sites for hydroxylation is 1. The fourth-order valence-corrected chi connectivity index (χ4v) is 4.03. The van der Waals surface area contributed by atoms with E-state index < -0.39 is 0 Å². The maximum absolute atomic E-state index is 4.64. The molecule has 1 atom stereocenters. The Balaban J connectivity index is 1.49. The topological polar surface area (TPSA) is 29.9 Å². The van der Waals surface area contributed by atoms with Gasteiger partial charge in [-0.25, -0.2) is 0 Å². The lowest BCUT2D eigenvalue weighted by Crippen LogP contribution is -2.19. The van der Waals surface area contributed by atoms with Crippen LogP contribution in [0.25, 0.3) is 10.1 Å². The second-order valence-corrected chi connectivity index (χ2v) is 7.16. The molecule has 0 spiro atoms. The molecule has 1 unspecified atom stereocenters. The lowest BCUT2D eigenvalue weighted by Gasteiger charge is -2.13. The molecule has 1 aromatic carbocycles. The average Bonchev–Trinajstić information content (AvgIpc) is 3.18. The summed E-state index contributed by atoms with van der Waals surface area (Å²) in [4.78, 5) is 0. The molecule has 1 saturated carbocycles. The van der Waals surface area contributed by atoms with Crippen molar-refractivity contribution in [2.24, 2.45) is 7.05 Å². The van der Waals surface area contributed by atoms with Crippen LogP contribution in [0.5, 0.6) is 0 Å². The predicted molar refractivity (Wildman–Crippen MR) is 92.3 cm³/mol. The molecule has 2 aromatic heterocycles. The monoisotopic (exact) mass is 311 g/mol. The van der Waals surface area contributed by atoms with Crippen molar-refractivity contribution >= 4 is 21.4 Å². The first-order valence-corrected chi connectivity index (χ1v) is 8.82. The van der Waals surface area contributed by atoms with E-state index in [1.165, 1.54) is 39.9 Å². The summed E-state index contributed by atoms with van der Waals surface area (Å²) in [6.45, 7) is 3.11. The minimum atomic E-state index is 0.343. The summed E-state index contributed by atoms with van der Waals surface area (Å²) in [5.74, 6) is 0.721. The first-order valence-electron chi connectivity index (χ1n) is 7.94. The van der Waals surface area contributed by atoms with E-state index in [9.17, 15) is 0 Å². The van der Waals surface area contributed by atoms with Gasteiger partial charge in [0.2, 0.25) is 0 Å². The van der Waals surface area contributed by atoms with Crippen molar-refractivity contribution in [3.8, 4) is 0 Å². The summed E-state index contributed by atoms with van der Waals surface area (Å²) in [5, 5.41) is 11.9. The molecule has 22 heavy (non-hydrogen) atoms. The second kappa shape index (κ2) is 5.52. The van der Waals surface area contributed by atoms with E-state index in [0.717, 1.165) is 12.5 Å². The van der Waals surface area contributed by atoms with E-state index in [1.54, 1.807) is 0 Å². The van der Waals surface area contributed by atoms with Crippen LogP contribution >= 0.6 is 11.3 Å². The second-order valence-electron chi connectivity index (χ2n) is 6.25. The van der Waals surface area contributed by atoms with Crippen molar-refractivity contribution in [2.75, 3.05) is 0 Å². The summed E-state index contributed by atoms with van der Waals surface area (Å²) in [6, 6.07) is 11.2. The smallest absolute Gasteiger partial charge is 0.0658 e. The van der Waals surface area contributed by atoms with Crippen LogP contribution in [0.2, 0.25) is 0 Å². The van der Waals surface area contributed by atoms with Crippen molar-refractivity contribution < 1.29 is 0 Å². The van der Waals surface area contributed by atoms with Gasteiger partial charge in [0.15, 0.2) is 0 Å². The summed E-state index contributed by atoms with van der Waals surface area (Å²) in [6.07, 6.45) is 2.61. The Bertz CT molecular complexity index is 798. The summed E-state index contributed by atoms with van der Waals surface area (Å²) in [5.41, 5.74) is 3.94. The molecule has 3 nitrogen and oxygen atoms in total. The first-order chi connectivity index (χ1) is 10.7. The minimum absolute atomic E-state index is 0.343. The number of thiophene rings is 1. The van der Waals surface area contributed by atoms with Gasteiger partial charge < -0.3 is 5.32 Å². The van der Waals surface area contributed by atoms with E-state index in [2.05, 4.69) is 53.1 Å². The largest absolute Gasteiger partial charge is 0.305 e. The van der Waals surface area contributed by atoms with Crippen LogP contribution in [-0.4, -0.2) is 9.78 Å². The van der Waals surface area contributed by atoms with E-state index in [0.29, 0.717) is 6.04 Å². The van der Waals surface area contributed by atoms with Crippen molar-refractivity contribution in [3.05, 3.63) is 52.7 Å². The molecule has 0 amide bonds. The molecular formula is C18H21N3S. The normalized spacial score (nSPS) is 16.3. The molecule has 114 valence electrons. The number of rotatable bonds is 5. The molecule has 0 radical (unpaired) electrons. The summed E-state index contributed by atoms with van der Waals surface area (Å²) < 4.78 is 3.39. The van der Waals surface area contributed by atoms with Crippen LogP contribution in [0.3, 0.4) is 0 Å². The Labute approximate surface area is 135 Å². The SMILES string of the molecule is CC(NCc1cc(C2CC2)nn1C)c1csc2ccccc12. The molecule has 0 aliphatic heterocycles. The Morgan fingerprint density at radius 3 is 3.00 bits per heavy atom. The van der Waals surface area contributed by atoms with Crippen LogP contribution in [-0.2, 0) is 13.6 Å². The highest BCUT2D eigenvalue weighted by atomic mass is 32.1. The number of nitrogens with zero attached hydrogens (tertiary/aromatic N) is 2. The zero-order chi connectivity index (χ0) is 15.1. The standard InChI is InChI=1S/C18H21N3S/c1-12(16-11-22-18-6-4-3-5-15(16)18)19-10-14-9-17(13-7-8-13)20-21(14)2/h3-6,9,11-13,19H,7-8,10H2,1-2H3. The molecule has 4 rings (SSSR count). The van der Waals surface area contributed by atoms with Crippen LogP contribution in [0, 0.1) is 0 Å². The third-order valence-electron chi connectivity index (χ3n) is 4.56. The molecule has 1 N–H and O–H groups in total. The average molecular weight is 311 g/mol. The van der Waals surface area contributed by atoms with Gasteiger partial charge in [0.1, 0.15) is 0 Å². The number of hydrogen-bond acceptors (Lipinski definition) is 3. The maximum atomic E-state index is 4.64. The van der Waals surface area contributed by atoms with Gasteiger partial charge in [-0.3, -0.25) is 4.68 Å². The van der Waals surface area contributed by atoms with Gasteiger partial charge in [-0.05, 0) is 48.2 Å². The molecule has 3 aromatic rings. The maximum Gasteiger partial charge on any atom is 0.0658 e. The van der Waals surface area contributed by atoms with Gasteiger partial charge in [0.25, 0.3) is 0 Å². The lowest BCUT2D eigenvalue weighted by atomic mass is 10.1. The highest BCUT2D eigenvalue weighted by Crippen LogP contribution is 2.39. The highest BCUT2D eigenvalue weighted by Gasteiger charge is 2.26. The molecule has 1 fully saturated rings. The van der Waals surface area contributed by atoms with Crippen LogP contribution in [0.4, 0.5) is 0 Å². The molecule has 0 saturated heterocycles. The van der Waals surface area contributed by atoms with E-state index in [-0.39, 0.29) is 0 Å². The zero-order valence-corrected chi connectivity index (χ0v) is 13.9. The third kappa shape index (κ3) is 2.57. The van der Waals surface area contributed by atoms with Crippen LogP contribution in [0.1, 0.15) is 48.7 Å². The fraction of sp³-hybridized carbons (Fsp3) is 0.389. The quantitative estimate of drug-likeness (QED) is 0.758. The minimum Gasteiger partial charge on any atom is -0.305 e. The number of benzene rings is 1. The number of nitrogens with one attached hydrogen (secondary N) is 1. The number of hydrogen-bond donors (Lipinski definition) is 1. The molecular weight excluding hydrogens is 290 g/mol. The van der Waals surface area contributed by atoms with Crippen molar-refractivity contribution in [3.63, 3.8) is 0 Å². The Kier molecular flexibility index (Phi) is 3.51. The molecule has 1 aliphatic carbocycles. The molecule has 4 heteroatoms. The number of fused-ring (bicyclic) bond motifs is 1. The van der Waals surface area contributed by atoms with Crippen LogP contribution in [0.15, 0.2) is 35.7 Å². The van der Waals surface area contributed by atoms with Crippen molar-refractivity contribution in [1.82, 2.24) is 15.1 Å². The highest BCUT2D eigenvalue weighted by molar-refractivity contribution is 7.17. The molecule has 0 bridgehead atoms. The van der Waals surface area contributed by atoms with Gasteiger partial charge in [-0.15, -0.1) is 11.3 Å². The third-order valence-corrected chi connectivity index (χ3v) is 5.54. The Morgan fingerprint density at radius 1 is 1.36 bits per heavy atom. The van der Waals surface area contributed by atoms with Gasteiger partial charge >= 0.3 is 0 Å². The van der Waals surface area contributed by atoms with Crippen molar-refractivity contribution in [2.45, 2.75) is 38.3 Å². The first kappa shape index (κ1) is 14.0. The van der Waals surface area contributed by atoms with Crippen molar-refractivity contribution in [1.29, 1.82) is 0 Å². The van der Waals surface area contributed by atoms with Crippen LogP contribution < -0.4 is 5.32 Å². The summed E-state index contributed by atoms with van der Waals surface area (Å²) >= 11 is 1.83. The van der Waals surface area contributed by atoms with E-state index in [1.807, 2.05) is 23.1 Å². The Hall–Kier alpha value is -1.65. The zero-order valence-electron chi connectivity index (χ0n) is 13.0. The lowest BCUT2D eigenvalue weighted by molar-refractivity contribution is 0.551. The predicted octanol–water partition coefficient (Wildman–Crippen LogP) is 4.36. The number of aromatic nitrogens is 2. The van der Waals surface area contributed by atoms with E-state index >= 15 is 0 Å². The molecule has 2 heterocycles. The van der Waals surface area contributed by atoms with Gasteiger partial charge in [0.05, 0.1) is 11.4 Å². The van der Waals surface area contributed by atoms with Gasteiger partial charge in [-0.2, -0.15) is 5.10 Å².